The maximum atomic E-state index is 11.0. The number of nitrogens with one attached hydrogen (secondary N) is 1. The van der Waals surface area contributed by atoms with Gasteiger partial charge in [0.05, 0.1) is 6.16 Å². The molecule has 0 fully saturated rings. The molecule has 5 heteroatoms. The van der Waals surface area contributed by atoms with Crippen LogP contribution in [0.2, 0.25) is 0 Å². The Kier molecular flexibility index (Phi) is 9.30. The van der Waals surface area contributed by atoms with Gasteiger partial charge in [0.15, 0.2) is 0 Å². The quantitative estimate of drug-likeness (QED) is 0.231. The minimum Gasteiger partial charge on any atom is -0.324 e. The molecule has 3 aromatic carbocycles. The normalized spacial score (nSPS) is 11.8. The molecule has 0 bridgehead atoms. The van der Waals surface area contributed by atoms with Gasteiger partial charge in [-0.1, -0.05) is 79.6 Å². The van der Waals surface area contributed by atoms with Crippen molar-refractivity contribution in [1.82, 2.24) is 5.32 Å². The fourth-order valence-electron chi connectivity index (χ4n) is 4.07. The first kappa shape index (κ1) is 23.7. The van der Waals surface area contributed by atoms with Crippen LogP contribution in [0.5, 0.6) is 0 Å². The summed E-state index contributed by atoms with van der Waals surface area (Å²) in [6.07, 6.45) is 7.65. The molecule has 0 aromatic heterocycles. The van der Waals surface area contributed by atoms with E-state index in [0.717, 1.165) is 6.42 Å². The van der Waals surface area contributed by atoms with E-state index in [1.807, 2.05) is 0 Å². The Bertz CT molecular complexity index is 984. The van der Waals surface area contributed by atoms with Crippen LogP contribution in [0.1, 0.15) is 48.8 Å². The molecule has 4 nitrogen and oxygen atoms in total. The molecule has 0 saturated carbocycles. The molecule has 0 spiro atoms. The van der Waals surface area contributed by atoms with Gasteiger partial charge in [-0.2, -0.15) is 0 Å². The summed E-state index contributed by atoms with van der Waals surface area (Å²) in [5, 5.41) is 5.91. The number of fused-ring (bicyclic) bond motifs is 1. The molecule has 0 saturated heterocycles. The number of hydrogen-bond acceptors (Lipinski definition) is 2. The first-order valence-corrected chi connectivity index (χ1v) is 13.1. The standard InChI is InChI=1S/C26H34NO3P/c28-31(29,30)20-10-19-27-21-24-18-17-23(25-15-8-9-16-26(24)25)14-7-2-1-4-11-22-12-5-3-6-13-22/h3,5-6,8-9,12-13,15-18,27H,1-2,4,7,10-11,14,19-21H2,(H2,28,29,30). The van der Waals surface area contributed by atoms with Crippen LogP contribution in [0.25, 0.3) is 10.8 Å². The minimum atomic E-state index is -3.90. The largest absolute Gasteiger partial charge is 0.325 e. The monoisotopic (exact) mass is 439 g/mol. The van der Waals surface area contributed by atoms with E-state index < -0.39 is 7.60 Å². The summed E-state index contributed by atoms with van der Waals surface area (Å²) in [6.45, 7) is 1.31. The average molecular weight is 440 g/mol. The van der Waals surface area contributed by atoms with Gasteiger partial charge in [0.2, 0.25) is 0 Å². The van der Waals surface area contributed by atoms with Gasteiger partial charge in [-0.3, -0.25) is 4.57 Å². The Labute approximate surface area is 185 Å². The summed E-state index contributed by atoms with van der Waals surface area (Å²) in [6, 6.07) is 23.7. The Balaban J connectivity index is 1.47. The predicted octanol–water partition coefficient (Wildman–Crippen LogP) is 5.84. The van der Waals surface area contributed by atoms with Gasteiger partial charge in [0.1, 0.15) is 0 Å². The summed E-state index contributed by atoms with van der Waals surface area (Å²) in [5.41, 5.74) is 4.07. The number of hydrogen-bond donors (Lipinski definition) is 3. The summed E-state index contributed by atoms with van der Waals surface area (Å²) in [5.74, 6) is 0. The molecule has 0 aliphatic carbocycles. The Morgan fingerprint density at radius 1 is 0.677 bits per heavy atom. The van der Waals surface area contributed by atoms with Crippen LogP contribution in [-0.4, -0.2) is 22.5 Å². The zero-order chi connectivity index (χ0) is 21.9. The highest BCUT2D eigenvalue weighted by Gasteiger charge is 2.11. The zero-order valence-corrected chi connectivity index (χ0v) is 19.1. The summed E-state index contributed by atoms with van der Waals surface area (Å²) < 4.78 is 11.0. The molecular formula is C26H34NO3P. The van der Waals surface area contributed by atoms with Gasteiger partial charge in [-0.15, -0.1) is 0 Å². The molecule has 31 heavy (non-hydrogen) atoms. The SMILES string of the molecule is O=P(O)(O)CCCNCc1ccc(CCCCCCc2ccccc2)c2ccccc12. The van der Waals surface area contributed by atoms with Gasteiger partial charge < -0.3 is 15.1 Å². The van der Waals surface area contributed by atoms with Crippen molar-refractivity contribution in [2.75, 3.05) is 12.7 Å². The smallest absolute Gasteiger partial charge is 0.324 e. The molecule has 0 aliphatic rings. The van der Waals surface area contributed by atoms with Crippen molar-refractivity contribution in [3.63, 3.8) is 0 Å². The highest BCUT2D eigenvalue weighted by Crippen LogP contribution is 2.34. The third-order valence-corrected chi connectivity index (χ3v) is 6.63. The van der Waals surface area contributed by atoms with Crippen molar-refractivity contribution < 1.29 is 14.4 Å². The molecule has 0 amide bonds. The van der Waals surface area contributed by atoms with Crippen molar-refractivity contribution in [1.29, 1.82) is 0 Å². The average Bonchev–Trinajstić information content (AvgIpc) is 2.76. The van der Waals surface area contributed by atoms with Gasteiger partial charge in [-0.25, -0.2) is 0 Å². The van der Waals surface area contributed by atoms with Gasteiger partial charge >= 0.3 is 7.60 Å². The van der Waals surface area contributed by atoms with Gasteiger partial charge in [0, 0.05) is 6.54 Å². The molecule has 0 atom stereocenters. The van der Waals surface area contributed by atoms with Crippen LogP contribution in [-0.2, 0) is 24.0 Å². The number of rotatable bonds is 13. The number of unbranched alkanes of at least 4 members (excludes halogenated alkanes) is 3. The molecule has 0 aliphatic heterocycles. The highest BCUT2D eigenvalue weighted by molar-refractivity contribution is 7.51. The van der Waals surface area contributed by atoms with E-state index >= 15 is 0 Å². The lowest BCUT2D eigenvalue weighted by Gasteiger charge is -2.12. The lowest BCUT2D eigenvalue weighted by molar-refractivity contribution is 0.371. The molecular weight excluding hydrogens is 405 g/mol. The second-order valence-electron chi connectivity index (χ2n) is 8.25. The Hall–Kier alpha value is -1.97. The lowest BCUT2D eigenvalue weighted by Crippen LogP contribution is -2.16. The first-order chi connectivity index (χ1) is 15.0. The van der Waals surface area contributed by atoms with Crippen molar-refractivity contribution in [2.24, 2.45) is 0 Å². The molecule has 3 aromatic rings. The summed E-state index contributed by atoms with van der Waals surface area (Å²) in [4.78, 5) is 17.9. The van der Waals surface area contributed by atoms with Gasteiger partial charge in [-0.05, 0) is 66.1 Å². The zero-order valence-electron chi connectivity index (χ0n) is 18.2. The third-order valence-electron chi connectivity index (χ3n) is 5.73. The molecule has 3 N–H and O–H groups in total. The molecule has 0 radical (unpaired) electrons. The maximum absolute atomic E-state index is 11.0. The van der Waals surface area contributed by atoms with Crippen molar-refractivity contribution in [2.45, 2.75) is 51.5 Å². The molecule has 0 unspecified atom stereocenters. The maximum Gasteiger partial charge on any atom is 0.325 e. The van der Waals surface area contributed by atoms with Crippen molar-refractivity contribution in [3.05, 3.63) is 83.4 Å². The lowest BCUT2D eigenvalue weighted by atomic mass is 9.95. The first-order valence-electron chi connectivity index (χ1n) is 11.3. The fraction of sp³-hybridized carbons (Fsp3) is 0.385. The van der Waals surface area contributed by atoms with Crippen LogP contribution in [0.15, 0.2) is 66.7 Å². The van der Waals surface area contributed by atoms with Crippen LogP contribution in [0.4, 0.5) is 0 Å². The van der Waals surface area contributed by atoms with Crippen molar-refractivity contribution >= 4 is 18.4 Å². The van der Waals surface area contributed by atoms with E-state index in [0.29, 0.717) is 19.5 Å². The summed E-state index contributed by atoms with van der Waals surface area (Å²) in [7, 11) is -3.90. The van der Waals surface area contributed by atoms with E-state index in [1.165, 1.54) is 59.6 Å². The van der Waals surface area contributed by atoms with E-state index in [2.05, 4.69) is 72.0 Å². The van der Waals surface area contributed by atoms with E-state index in [1.54, 1.807) is 0 Å². The van der Waals surface area contributed by atoms with Crippen molar-refractivity contribution in [3.8, 4) is 0 Å². The number of aryl methyl sites for hydroxylation is 2. The van der Waals surface area contributed by atoms with E-state index in [9.17, 15) is 4.57 Å². The van der Waals surface area contributed by atoms with Crippen LogP contribution >= 0.6 is 7.60 Å². The Morgan fingerprint density at radius 2 is 1.29 bits per heavy atom. The van der Waals surface area contributed by atoms with E-state index in [-0.39, 0.29) is 6.16 Å². The number of benzene rings is 3. The minimum absolute atomic E-state index is 0.0645. The van der Waals surface area contributed by atoms with Gasteiger partial charge in [0.25, 0.3) is 0 Å². The predicted molar refractivity (Wildman–Crippen MR) is 130 cm³/mol. The third kappa shape index (κ3) is 8.23. The highest BCUT2D eigenvalue weighted by atomic mass is 31.2. The second kappa shape index (κ2) is 12.2. The topological polar surface area (TPSA) is 69.6 Å². The molecule has 166 valence electrons. The van der Waals surface area contributed by atoms with Crippen LogP contribution in [0.3, 0.4) is 0 Å². The second-order valence-corrected chi connectivity index (χ2v) is 10.0. The van der Waals surface area contributed by atoms with E-state index in [4.69, 9.17) is 9.79 Å². The summed E-state index contributed by atoms with van der Waals surface area (Å²) >= 11 is 0. The fourth-order valence-corrected chi connectivity index (χ4v) is 4.64. The van der Waals surface area contributed by atoms with Crippen LogP contribution < -0.4 is 5.32 Å². The molecule has 3 rings (SSSR count). The Morgan fingerprint density at radius 3 is 2.00 bits per heavy atom. The van der Waals surface area contributed by atoms with Crippen LogP contribution in [0, 0.1) is 0 Å². The molecule has 0 heterocycles.